The number of aryl methyl sites for hydroxylation is 1. The number of aromatic nitrogens is 1. The fourth-order valence-electron chi connectivity index (χ4n) is 2.03. The van der Waals surface area contributed by atoms with E-state index in [4.69, 9.17) is 0 Å². The van der Waals surface area contributed by atoms with Crippen LogP contribution < -0.4 is 0 Å². The molecule has 0 aromatic carbocycles. The zero-order valence-corrected chi connectivity index (χ0v) is 8.12. The van der Waals surface area contributed by atoms with E-state index in [2.05, 4.69) is 11.9 Å². The largest absolute Gasteiger partial charge is 0.383 e. The molecule has 0 amide bonds. The number of nitrogens with zero attached hydrogens (tertiary/aromatic N) is 1. The van der Waals surface area contributed by atoms with E-state index in [1.165, 1.54) is 0 Å². The van der Waals surface area contributed by atoms with Crippen LogP contribution in [0.2, 0.25) is 0 Å². The molecule has 1 fully saturated rings. The lowest BCUT2D eigenvalue weighted by atomic mass is 10.1. The Kier molecular flexibility index (Phi) is 1.88. The molecular weight excluding hydrogens is 162 g/mol. The molecule has 1 aliphatic rings. The van der Waals surface area contributed by atoms with Crippen LogP contribution in [0.25, 0.3) is 0 Å². The summed E-state index contributed by atoms with van der Waals surface area (Å²) in [6, 6.07) is 3.91. The fourth-order valence-corrected chi connectivity index (χ4v) is 2.03. The lowest BCUT2D eigenvalue weighted by molar-refractivity contribution is 0.125. The average Bonchev–Trinajstić information content (AvgIpc) is 2.79. The first-order chi connectivity index (χ1) is 6.18. The smallest absolute Gasteiger partial charge is 0.110 e. The van der Waals surface area contributed by atoms with Gasteiger partial charge in [0.15, 0.2) is 0 Å². The maximum atomic E-state index is 10.2. The first kappa shape index (κ1) is 8.70. The van der Waals surface area contributed by atoms with Crippen LogP contribution in [0, 0.1) is 12.8 Å². The normalized spacial score (nSPS) is 31.8. The Balaban J connectivity index is 2.32. The van der Waals surface area contributed by atoms with Crippen molar-refractivity contribution in [2.45, 2.75) is 32.3 Å². The summed E-state index contributed by atoms with van der Waals surface area (Å²) in [6.07, 6.45) is 3.67. The minimum atomic E-state index is -0.611. The van der Waals surface area contributed by atoms with Gasteiger partial charge >= 0.3 is 0 Å². The summed E-state index contributed by atoms with van der Waals surface area (Å²) in [5.41, 5.74) is 1.36. The van der Waals surface area contributed by atoms with Gasteiger partial charge in [-0.2, -0.15) is 0 Å². The summed E-state index contributed by atoms with van der Waals surface area (Å²) in [4.78, 5) is 4.26. The molecular formula is C11H15NO. The van der Waals surface area contributed by atoms with Crippen molar-refractivity contribution < 1.29 is 5.11 Å². The summed E-state index contributed by atoms with van der Waals surface area (Å²) >= 11 is 0. The highest BCUT2D eigenvalue weighted by Crippen LogP contribution is 2.53. The van der Waals surface area contributed by atoms with Crippen molar-refractivity contribution in [3.05, 3.63) is 29.6 Å². The molecule has 1 aromatic rings. The van der Waals surface area contributed by atoms with Crippen molar-refractivity contribution >= 4 is 0 Å². The van der Waals surface area contributed by atoms with Crippen LogP contribution in [0.3, 0.4) is 0 Å². The standard InChI is InChI=1S/C11H15NO/c1-3-9-7-11(9,13)10-8(2)5-4-6-12-10/h4-6,9,13H,3,7H2,1-2H3. The van der Waals surface area contributed by atoms with Crippen molar-refractivity contribution in [1.29, 1.82) is 0 Å². The summed E-state index contributed by atoms with van der Waals surface area (Å²) in [7, 11) is 0. The molecule has 2 heteroatoms. The highest BCUT2D eigenvalue weighted by Gasteiger charge is 2.54. The third-order valence-electron chi connectivity index (χ3n) is 2.99. The van der Waals surface area contributed by atoms with E-state index >= 15 is 0 Å². The number of aliphatic hydroxyl groups is 1. The van der Waals surface area contributed by atoms with Gasteiger partial charge in [-0.3, -0.25) is 4.98 Å². The lowest BCUT2D eigenvalue weighted by Gasteiger charge is -2.11. The van der Waals surface area contributed by atoms with E-state index in [-0.39, 0.29) is 0 Å². The van der Waals surface area contributed by atoms with Gasteiger partial charge in [0.05, 0.1) is 5.69 Å². The molecule has 0 saturated heterocycles. The van der Waals surface area contributed by atoms with E-state index in [0.717, 1.165) is 24.1 Å². The van der Waals surface area contributed by atoms with Crippen molar-refractivity contribution in [3.63, 3.8) is 0 Å². The predicted octanol–water partition coefficient (Wildman–Crippen LogP) is 2.01. The van der Waals surface area contributed by atoms with Gasteiger partial charge in [-0.1, -0.05) is 19.4 Å². The van der Waals surface area contributed by atoms with Crippen molar-refractivity contribution in [1.82, 2.24) is 4.98 Å². The topological polar surface area (TPSA) is 33.1 Å². The molecule has 0 aliphatic heterocycles. The van der Waals surface area contributed by atoms with Gasteiger partial charge in [0, 0.05) is 6.20 Å². The molecule has 70 valence electrons. The summed E-state index contributed by atoms with van der Waals surface area (Å²) in [5.74, 6) is 0.418. The summed E-state index contributed by atoms with van der Waals surface area (Å²) in [6.45, 7) is 4.12. The minimum absolute atomic E-state index is 0.418. The highest BCUT2D eigenvalue weighted by atomic mass is 16.3. The van der Waals surface area contributed by atoms with Crippen LogP contribution in [0.4, 0.5) is 0 Å². The van der Waals surface area contributed by atoms with Crippen molar-refractivity contribution in [2.24, 2.45) is 5.92 Å². The van der Waals surface area contributed by atoms with Gasteiger partial charge in [0.2, 0.25) is 0 Å². The Morgan fingerprint density at radius 1 is 1.69 bits per heavy atom. The first-order valence-electron chi connectivity index (χ1n) is 4.83. The van der Waals surface area contributed by atoms with Crippen LogP contribution in [0.1, 0.15) is 31.0 Å². The number of hydrogen-bond donors (Lipinski definition) is 1. The van der Waals surface area contributed by atoms with Crippen LogP contribution in [0.15, 0.2) is 18.3 Å². The minimum Gasteiger partial charge on any atom is -0.383 e. The molecule has 1 N–H and O–H groups in total. The van der Waals surface area contributed by atoms with Gasteiger partial charge in [-0.25, -0.2) is 0 Å². The van der Waals surface area contributed by atoms with Crippen LogP contribution >= 0.6 is 0 Å². The number of hydrogen-bond acceptors (Lipinski definition) is 2. The number of rotatable bonds is 2. The van der Waals surface area contributed by atoms with Crippen LogP contribution in [0.5, 0.6) is 0 Å². The fraction of sp³-hybridized carbons (Fsp3) is 0.545. The lowest BCUT2D eigenvalue weighted by Crippen LogP contribution is -2.12. The maximum Gasteiger partial charge on any atom is 0.110 e. The Hall–Kier alpha value is -0.890. The van der Waals surface area contributed by atoms with E-state index in [9.17, 15) is 5.11 Å². The molecule has 0 bridgehead atoms. The average molecular weight is 177 g/mol. The van der Waals surface area contributed by atoms with Crippen LogP contribution in [-0.4, -0.2) is 10.1 Å². The molecule has 2 rings (SSSR count). The second-order valence-electron chi connectivity index (χ2n) is 3.90. The maximum absolute atomic E-state index is 10.2. The molecule has 1 heterocycles. The zero-order valence-electron chi connectivity index (χ0n) is 8.12. The quantitative estimate of drug-likeness (QED) is 0.749. The third-order valence-corrected chi connectivity index (χ3v) is 2.99. The Bertz CT molecular complexity index is 324. The van der Waals surface area contributed by atoms with Crippen molar-refractivity contribution in [2.75, 3.05) is 0 Å². The summed E-state index contributed by atoms with van der Waals surface area (Å²) in [5, 5.41) is 10.2. The molecule has 1 aromatic heterocycles. The molecule has 2 unspecified atom stereocenters. The number of pyridine rings is 1. The molecule has 1 saturated carbocycles. The molecule has 0 radical (unpaired) electrons. The molecule has 1 aliphatic carbocycles. The predicted molar refractivity (Wildman–Crippen MR) is 51.3 cm³/mol. The van der Waals surface area contributed by atoms with E-state index in [0.29, 0.717) is 5.92 Å². The second-order valence-corrected chi connectivity index (χ2v) is 3.90. The second kappa shape index (κ2) is 2.81. The van der Waals surface area contributed by atoms with E-state index < -0.39 is 5.60 Å². The van der Waals surface area contributed by atoms with Gasteiger partial charge in [-0.05, 0) is 30.9 Å². The summed E-state index contributed by atoms with van der Waals surface area (Å²) < 4.78 is 0. The molecule has 13 heavy (non-hydrogen) atoms. The molecule has 2 nitrogen and oxygen atoms in total. The SMILES string of the molecule is CCC1CC1(O)c1ncccc1C. The molecule has 0 spiro atoms. The van der Waals surface area contributed by atoms with E-state index in [1.807, 2.05) is 19.1 Å². The van der Waals surface area contributed by atoms with Crippen LogP contribution in [-0.2, 0) is 5.60 Å². The Labute approximate surface area is 78.6 Å². The molecule has 2 atom stereocenters. The third kappa shape index (κ3) is 1.25. The monoisotopic (exact) mass is 177 g/mol. The zero-order chi connectivity index (χ0) is 9.47. The van der Waals surface area contributed by atoms with Gasteiger partial charge in [0.25, 0.3) is 0 Å². The first-order valence-corrected chi connectivity index (χ1v) is 4.83. The van der Waals surface area contributed by atoms with Crippen molar-refractivity contribution in [3.8, 4) is 0 Å². The van der Waals surface area contributed by atoms with Gasteiger partial charge < -0.3 is 5.11 Å². The van der Waals surface area contributed by atoms with Gasteiger partial charge in [0.1, 0.15) is 5.60 Å². The van der Waals surface area contributed by atoms with Gasteiger partial charge in [-0.15, -0.1) is 0 Å². The Morgan fingerprint density at radius 3 is 3.00 bits per heavy atom. The highest BCUT2D eigenvalue weighted by molar-refractivity contribution is 5.30. The van der Waals surface area contributed by atoms with E-state index in [1.54, 1.807) is 6.20 Å². The Morgan fingerprint density at radius 2 is 2.46 bits per heavy atom.